The molecule has 0 heterocycles. The molecule has 0 amide bonds. The summed E-state index contributed by atoms with van der Waals surface area (Å²) < 4.78 is 11.5. The lowest BCUT2D eigenvalue weighted by molar-refractivity contribution is -0.136. The molecule has 0 saturated carbocycles. The summed E-state index contributed by atoms with van der Waals surface area (Å²) in [5.74, 6) is 0.641. The summed E-state index contributed by atoms with van der Waals surface area (Å²) in [6.45, 7) is 1.71. The van der Waals surface area contributed by atoms with Gasteiger partial charge in [0.25, 0.3) is 0 Å². The Hall–Kier alpha value is -1.52. The number of carbonyl (C=O) groups excluding carboxylic acids is 1. The van der Waals surface area contributed by atoms with E-state index >= 15 is 0 Å². The van der Waals surface area contributed by atoms with E-state index in [1.807, 2.05) is 19.1 Å². The number of rotatable bonds is 4. The zero-order valence-electron chi connectivity index (χ0n) is 10.7. The molecule has 0 aliphatic heterocycles. The van der Waals surface area contributed by atoms with Crippen LogP contribution in [0.4, 0.5) is 0 Å². The number of carbonyl (C=O) groups is 1. The van der Waals surface area contributed by atoms with Gasteiger partial charge in [-0.2, -0.15) is 0 Å². The van der Waals surface area contributed by atoms with E-state index in [9.17, 15) is 4.79 Å². The molecule has 0 N–H and O–H groups in total. The summed E-state index contributed by atoms with van der Waals surface area (Å²) in [7, 11) is 0. The molecule has 0 bridgehead atoms. The van der Waals surface area contributed by atoms with Crippen LogP contribution < -0.4 is 9.47 Å². The maximum Gasteiger partial charge on any atom is 0.349 e. The Morgan fingerprint density at radius 1 is 1.20 bits per heavy atom. The number of hydrogen-bond donors (Lipinski definition) is 0. The quantitative estimate of drug-likeness (QED) is 0.602. The largest absolute Gasteiger partial charge is 0.482 e. The van der Waals surface area contributed by atoms with Crippen molar-refractivity contribution in [2.75, 3.05) is 6.61 Å². The average Bonchev–Trinajstić information content (AvgIpc) is 2.41. The molecule has 0 atom stereocenters. The number of esters is 1. The van der Waals surface area contributed by atoms with Gasteiger partial charge in [0.15, 0.2) is 6.61 Å². The van der Waals surface area contributed by atoms with E-state index in [0.717, 1.165) is 10.0 Å². The van der Waals surface area contributed by atoms with E-state index in [-0.39, 0.29) is 6.61 Å². The van der Waals surface area contributed by atoms with Crippen molar-refractivity contribution in [2.24, 2.45) is 0 Å². The Balaban J connectivity index is 1.90. The minimum absolute atomic E-state index is 0.156. The van der Waals surface area contributed by atoms with Gasteiger partial charge in [-0.05, 0) is 55.0 Å². The molecular weight excluding hydrogens is 344 g/mol. The van der Waals surface area contributed by atoms with Crippen molar-refractivity contribution in [2.45, 2.75) is 6.92 Å². The minimum atomic E-state index is -0.453. The lowest BCUT2D eigenvalue weighted by Crippen LogP contribution is -2.18. The van der Waals surface area contributed by atoms with E-state index in [0.29, 0.717) is 16.5 Å². The molecule has 104 valence electrons. The van der Waals surface area contributed by atoms with Crippen LogP contribution in [-0.4, -0.2) is 12.6 Å². The molecule has 2 aromatic rings. The minimum Gasteiger partial charge on any atom is -0.482 e. The molecule has 20 heavy (non-hydrogen) atoms. The third kappa shape index (κ3) is 4.25. The molecule has 2 rings (SSSR count). The van der Waals surface area contributed by atoms with Crippen molar-refractivity contribution in [1.82, 2.24) is 0 Å². The summed E-state index contributed by atoms with van der Waals surface area (Å²) in [5.41, 5.74) is 0.874. The first-order chi connectivity index (χ1) is 9.54. The maximum absolute atomic E-state index is 11.7. The van der Waals surface area contributed by atoms with Gasteiger partial charge in [0, 0.05) is 9.50 Å². The van der Waals surface area contributed by atoms with Gasteiger partial charge in [-0.3, -0.25) is 0 Å². The van der Waals surface area contributed by atoms with E-state index in [2.05, 4.69) is 15.9 Å². The van der Waals surface area contributed by atoms with Crippen molar-refractivity contribution in [3.63, 3.8) is 0 Å². The summed E-state index contributed by atoms with van der Waals surface area (Å²) in [6, 6.07) is 12.2. The molecule has 2 aromatic carbocycles. The summed E-state index contributed by atoms with van der Waals surface area (Å²) in [5, 5.41) is 0.616. The van der Waals surface area contributed by atoms with Crippen LogP contribution in [0.25, 0.3) is 0 Å². The number of benzene rings is 2. The average molecular weight is 356 g/mol. The van der Waals surface area contributed by atoms with Crippen molar-refractivity contribution >= 4 is 33.5 Å². The van der Waals surface area contributed by atoms with Crippen molar-refractivity contribution in [3.05, 3.63) is 57.5 Å². The van der Waals surface area contributed by atoms with Crippen LogP contribution in [0.5, 0.6) is 11.5 Å². The summed E-state index contributed by atoms with van der Waals surface area (Å²) in [6.07, 6.45) is 0. The van der Waals surface area contributed by atoms with Crippen LogP contribution in [0.15, 0.2) is 46.9 Å². The number of aryl methyl sites for hydroxylation is 1. The van der Waals surface area contributed by atoms with Gasteiger partial charge < -0.3 is 9.47 Å². The predicted molar refractivity (Wildman–Crippen MR) is 81.5 cm³/mol. The Morgan fingerprint density at radius 3 is 2.55 bits per heavy atom. The number of halogens is 2. The van der Waals surface area contributed by atoms with Gasteiger partial charge in [-0.25, -0.2) is 4.79 Å². The fraction of sp³-hybridized carbons (Fsp3) is 0.133. The molecule has 0 saturated heterocycles. The van der Waals surface area contributed by atoms with Crippen LogP contribution in [0.1, 0.15) is 5.56 Å². The van der Waals surface area contributed by atoms with Gasteiger partial charge in [-0.15, -0.1) is 0 Å². The summed E-state index contributed by atoms with van der Waals surface area (Å²) >= 11 is 9.11. The zero-order valence-corrected chi connectivity index (χ0v) is 13.1. The molecule has 0 aromatic heterocycles. The molecule has 3 nitrogen and oxygen atoms in total. The van der Waals surface area contributed by atoms with Crippen LogP contribution in [0.3, 0.4) is 0 Å². The molecule has 0 aliphatic rings. The second kappa shape index (κ2) is 6.77. The number of ether oxygens (including phenoxy) is 2. The highest BCUT2D eigenvalue weighted by molar-refractivity contribution is 9.10. The van der Waals surface area contributed by atoms with E-state index < -0.39 is 5.97 Å². The van der Waals surface area contributed by atoms with Crippen LogP contribution >= 0.6 is 27.5 Å². The van der Waals surface area contributed by atoms with E-state index in [4.69, 9.17) is 21.1 Å². The SMILES string of the molecule is Cc1cc(Br)ccc1OC(=O)COc1ccc(Cl)cc1. The zero-order chi connectivity index (χ0) is 14.5. The second-order valence-corrected chi connectivity index (χ2v) is 5.48. The molecule has 0 radical (unpaired) electrons. The van der Waals surface area contributed by atoms with E-state index in [1.165, 1.54) is 0 Å². The van der Waals surface area contributed by atoms with Gasteiger partial charge in [0.2, 0.25) is 0 Å². The Labute approximate surface area is 130 Å². The predicted octanol–water partition coefficient (Wildman–Crippen LogP) is 4.40. The molecule has 0 unspecified atom stereocenters. The highest BCUT2D eigenvalue weighted by atomic mass is 79.9. The molecule has 0 aliphatic carbocycles. The molecule has 0 spiro atoms. The van der Waals surface area contributed by atoms with Crippen molar-refractivity contribution in [3.8, 4) is 11.5 Å². The first-order valence-corrected chi connectivity index (χ1v) is 7.07. The normalized spacial score (nSPS) is 10.2. The number of hydrogen-bond acceptors (Lipinski definition) is 3. The molecular formula is C15H12BrClO3. The Morgan fingerprint density at radius 2 is 1.90 bits per heavy atom. The van der Waals surface area contributed by atoms with Crippen molar-refractivity contribution in [1.29, 1.82) is 0 Å². The fourth-order valence-corrected chi connectivity index (χ4v) is 2.15. The first-order valence-electron chi connectivity index (χ1n) is 5.90. The van der Waals surface area contributed by atoms with Crippen LogP contribution in [0, 0.1) is 6.92 Å². The lowest BCUT2D eigenvalue weighted by atomic mass is 10.2. The highest BCUT2D eigenvalue weighted by Gasteiger charge is 2.08. The summed E-state index contributed by atoms with van der Waals surface area (Å²) in [4.78, 5) is 11.7. The first kappa shape index (κ1) is 14.9. The Kier molecular flexibility index (Phi) is 5.04. The van der Waals surface area contributed by atoms with E-state index in [1.54, 1.807) is 30.3 Å². The van der Waals surface area contributed by atoms with Crippen LogP contribution in [0.2, 0.25) is 5.02 Å². The van der Waals surface area contributed by atoms with Gasteiger partial charge in [-0.1, -0.05) is 27.5 Å². The third-order valence-electron chi connectivity index (χ3n) is 2.53. The van der Waals surface area contributed by atoms with Crippen molar-refractivity contribution < 1.29 is 14.3 Å². The highest BCUT2D eigenvalue weighted by Crippen LogP contribution is 2.22. The van der Waals surface area contributed by atoms with Gasteiger partial charge in [0.1, 0.15) is 11.5 Å². The fourth-order valence-electron chi connectivity index (χ4n) is 1.55. The molecule has 0 fully saturated rings. The Bertz CT molecular complexity index is 611. The second-order valence-electron chi connectivity index (χ2n) is 4.13. The topological polar surface area (TPSA) is 35.5 Å². The smallest absolute Gasteiger partial charge is 0.349 e. The monoisotopic (exact) mass is 354 g/mol. The third-order valence-corrected chi connectivity index (χ3v) is 3.28. The maximum atomic E-state index is 11.7. The van der Waals surface area contributed by atoms with Gasteiger partial charge >= 0.3 is 5.97 Å². The van der Waals surface area contributed by atoms with Crippen LogP contribution in [-0.2, 0) is 4.79 Å². The van der Waals surface area contributed by atoms with Gasteiger partial charge in [0.05, 0.1) is 0 Å². The lowest BCUT2D eigenvalue weighted by Gasteiger charge is -2.09. The molecule has 5 heteroatoms. The standard InChI is InChI=1S/C15H12BrClO3/c1-10-8-11(16)2-7-14(10)20-15(18)9-19-13-5-3-12(17)4-6-13/h2-8H,9H2,1H3.